The zero-order valence-corrected chi connectivity index (χ0v) is 12.3. The van der Waals surface area contributed by atoms with Crippen molar-refractivity contribution in [3.05, 3.63) is 35.6 Å². The van der Waals surface area contributed by atoms with E-state index < -0.39 is 17.9 Å². The summed E-state index contributed by atoms with van der Waals surface area (Å²) >= 11 is 0. The summed E-state index contributed by atoms with van der Waals surface area (Å²) in [5.41, 5.74) is 0.913. The first kappa shape index (κ1) is 17.1. The fourth-order valence-corrected chi connectivity index (χ4v) is 1.87. The molecule has 0 fully saturated rings. The van der Waals surface area contributed by atoms with Crippen LogP contribution in [0.3, 0.4) is 0 Å². The molecule has 21 heavy (non-hydrogen) atoms. The minimum absolute atomic E-state index is 0.210. The molecule has 1 aromatic rings. The number of hydrogen-bond acceptors (Lipinski definition) is 3. The smallest absolute Gasteiger partial charge is 0.320 e. The topological polar surface area (TPSA) is 63.6 Å². The van der Waals surface area contributed by atoms with Crippen LogP contribution in [0.4, 0.5) is 4.39 Å². The van der Waals surface area contributed by atoms with Crippen molar-refractivity contribution in [2.45, 2.75) is 45.6 Å². The van der Waals surface area contributed by atoms with Crippen LogP contribution in [0, 0.1) is 11.7 Å². The Morgan fingerprint density at radius 3 is 2.43 bits per heavy atom. The van der Waals surface area contributed by atoms with Crippen LogP contribution in [0.5, 0.6) is 0 Å². The van der Waals surface area contributed by atoms with E-state index in [-0.39, 0.29) is 18.3 Å². The number of carboxylic acids is 1. The van der Waals surface area contributed by atoms with Crippen LogP contribution < -0.4 is 0 Å². The van der Waals surface area contributed by atoms with Crippen LogP contribution in [-0.2, 0) is 20.7 Å². The van der Waals surface area contributed by atoms with Gasteiger partial charge in [-0.3, -0.25) is 9.59 Å². The number of carbonyl (C=O) groups is 2. The largest absolute Gasteiger partial charge is 0.481 e. The number of esters is 1. The first-order valence-electron chi connectivity index (χ1n) is 7.11. The number of rotatable bonds is 8. The molecule has 116 valence electrons. The van der Waals surface area contributed by atoms with Crippen LogP contribution >= 0.6 is 0 Å². The number of carboxylic acid groups (broad SMARTS) is 1. The average Bonchev–Trinajstić information content (AvgIpc) is 2.44. The predicted molar refractivity (Wildman–Crippen MR) is 76.3 cm³/mol. The SMILES string of the molecule is CCC(C)OC(=O)C(CCCc1ccc(F)cc1)C(=O)O. The molecule has 1 aromatic carbocycles. The molecule has 5 heteroatoms. The van der Waals surface area contributed by atoms with Gasteiger partial charge in [0.25, 0.3) is 0 Å². The van der Waals surface area contributed by atoms with Gasteiger partial charge in [-0.15, -0.1) is 0 Å². The number of aliphatic carboxylic acids is 1. The number of benzene rings is 1. The van der Waals surface area contributed by atoms with Crippen LogP contribution in [0.25, 0.3) is 0 Å². The highest BCUT2D eigenvalue weighted by Gasteiger charge is 2.28. The maximum Gasteiger partial charge on any atom is 0.320 e. The highest BCUT2D eigenvalue weighted by atomic mass is 19.1. The standard InChI is InChI=1S/C16H21FO4/c1-3-11(2)21-16(20)14(15(18)19)6-4-5-12-7-9-13(17)10-8-12/h7-11,14H,3-6H2,1-2H3,(H,18,19). The van der Waals surface area contributed by atoms with E-state index in [2.05, 4.69) is 0 Å². The number of aryl methyl sites for hydroxylation is 1. The molecule has 0 radical (unpaired) electrons. The van der Waals surface area contributed by atoms with Crippen molar-refractivity contribution in [3.63, 3.8) is 0 Å². The summed E-state index contributed by atoms with van der Waals surface area (Å²) in [6, 6.07) is 6.04. The minimum atomic E-state index is -1.16. The molecule has 1 N–H and O–H groups in total. The maximum absolute atomic E-state index is 12.8. The van der Waals surface area contributed by atoms with E-state index in [0.29, 0.717) is 19.3 Å². The van der Waals surface area contributed by atoms with E-state index in [1.165, 1.54) is 12.1 Å². The zero-order chi connectivity index (χ0) is 15.8. The van der Waals surface area contributed by atoms with E-state index in [1.807, 2.05) is 6.92 Å². The predicted octanol–water partition coefficient (Wildman–Crippen LogP) is 3.19. The Kier molecular flexibility index (Phi) is 6.85. The summed E-state index contributed by atoms with van der Waals surface area (Å²) in [4.78, 5) is 22.9. The molecule has 0 amide bonds. The monoisotopic (exact) mass is 296 g/mol. The minimum Gasteiger partial charge on any atom is -0.481 e. The molecule has 4 nitrogen and oxygen atoms in total. The van der Waals surface area contributed by atoms with Gasteiger partial charge in [0, 0.05) is 0 Å². The molecule has 0 heterocycles. The van der Waals surface area contributed by atoms with Crippen LogP contribution in [0.1, 0.15) is 38.7 Å². The van der Waals surface area contributed by atoms with Crippen molar-refractivity contribution in [1.82, 2.24) is 0 Å². The highest BCUT2D eigenvalue weighted by Crippen LogP contribution is 2.15. The van der Waals surface area contributed by atoms with Crippen LogP contribution in [-0.4, -0.2) is 23.1 Å². The molecule has 0 aromatic heterocycles. The quantitative estimate of drug-likeness (QED) is 0.591. The normalized spacial score (nSPS) is 13.5. The van der Waals surface area contributed by atoms with Gasteiger partial charge < -0.3 is 9.84 Å². The van der Waals surface area contributed by atoms with Crippen molar-refractivity contribution in [2.24, 2.45) is 5.92 Å². The third-order valence-corrected chi connectivity index (χ3v) is 3.35. The van der Waals surface area contributed by atoms with E-state index in [9.17, 15) is 14.0 Å². The molecule has 0 aliphatic rings. The number of carbonyl (C=O) groups excluding carboxylic acids is 1. The number of ether oxygens (including phenoxy) is 1. The second-order valence-electron chi connectivity index (χ2n) is 5.07. The Morgan fingerprint density at radius 2 is 1.90 bits per heavy atom. The van der Waals surface area contributed by atoms with E-state index in [0.717, 1.165) is 5.56 Å². The molecule has 0 aliphatic heterocycles. The van der Waals surface area contributed by atoms with Crippen molar-refractivity contribution in [3.8, 4) is 0 Å². The first-order valence-corrected chi connectivity index (χ1v) is 7.11. The molecule has 2 atom stereocenters. The van der Waals surface area contributed by atoms with E-state index in [1.54, 1.807) is 19.1 Å². The van der Waals surface area contributed by atoms with Gasteiger partial charge in [0.2, 0.25) is 0 Å². The van der Waals surface area contributed by atoms with Crippen molar-refractivity contribution >= 4 is 11.9 Å². The molecule has 0 saturated heterocycles. The molecular weight excluding hydrogens is 275 g/mol. The Hall–Kier alpha value is -1.91. The molecular formula is C16H21FO4. The third kappa shape index (κ3) is 5.94. The Labute approximate surface area is 123 Å². The molecule has 2 unspecified atom stereocenters. The number of halogens is 1. The molecule has 0 aliphatic carbocycles. The fraction of sp³-hybridized carbons (Fsp3) is 0.500. The van der Waals surface area contributed by atoms with Gasteiger partial charge in [0.1, 0.15) is 5.82 Å². The molecule has 0 spiro atoms. The lowest BCUT2D eigenvalue weighted by atomic mass is 9.99. The lowest BCUT2D eigenvalue weighted by Crippen LogP contribution is -2.28. The first-order chi connectivity index (χ1) is 9.93. The molecule has 0 bridgehead atoms. The van der Waals surface area contributed by atoms with Crippen LogP contribution in [0.15, 0.2) is 24.3 Å². The second-order valence-corrected chi connectivity index (χ2v) is 5.07. The van der Waals surface area contributed by atoms with Crippen molar-refractivity contribution in [1.29, 1.82) is 0 Å². The summed E-state index contributed by atoms with van der Waals surface area (Å²) in [7, 11) is 0. The summed E-state index contributed by atoms with van der Waals surface area (Å²) in [5.74, 6) is -3.29. The van der Waals surface area contributed by atoms with E-state index >= 15 is 0 Å². The van der Waals surface area contributed by atoms with Gasteiger partial charge >= 0.3 is 11.9 Å². The Bertz CT molecular complexity index is 470. The zero-order valence-electron chi connectivity index (χ0n) is 12.3. The van der Waals surface area contributed by atoms with Gasteiger partial charge in [-0.05, 0) is 50.3 Å². The van der Waals surface area contributed by atoms with Gasteiger partial charge in [-0.2, -0.15) is 0 Å². The van der Waals surface area contributed by atoms with Gasteiger partial charge in [0.15, 0.2) is 5.92 Å². The van der Waals surface area contributed by atoms with Gasteiger partial charge in [-0.1, -0.05) is 19.1 Å². The summed E-state index contributed by atoms with van der Waals surface area (Å²) in [5, 5.41) is 9.11. The highest BCUT2D eigenvalue weighted by molar-refractivity contribution is 5.93. The summed E-state index contributed by atoms with van der Waals surface area (Å²) in [6.45, 7) is 3.59. The van der Waals surface area contributed by atoms with Crippen LogP contribution in [0.2, 0.25) is 0 Å². The molecule has 0 saturated carbocycles. The van der Waals surface area contributed by atoms with Gasteiger partial charge in [0.05, 0.1) is 6.10 Å². The number of hydrogen-bond donors (Lipinski definition) is 1. The summed E-state index contributed by atoms with van der Waals surface area (Å²) in [6.07, 6.45) is 1.70. The molecule has 1 rings (SSSR count). The second kappa shape index (κ2) is 8.39. The van der Waals surface area contributed by atoms with Crippen molar-refractivity contribution in [2.75, 3.05) is 0 Å². The average molecular weight is 296 g/mol. The fourth-order valence-electron chi connectivity index (χ4n) is 1.87. The lowest BCUT2D eigenvalue weighted by molar-refractivity contribution is -0.162. The van der Waals surface area contributed by atoms with E-state index in [4.69, 9.17) is 9.84 Å². The summed E-state index contributed by atoms with van der Waals surface area (Å²) < 4.78 is 17.8. The Morgan fingerprint density at radius 1 is 1.29 bits per heavy atom. The lowest BCUT2D eigenvalue weighted by Gasteiger charge is -2.15. The maximum atomic E-state index is 12.8. The van der Waals surface area contributed by atoms with Crippen molar-refractivity contribution < 1.29 is 23.8 Å². The third-order valence-electron chi connectivity index (χ3n) is 3.35. The Balaban J connectivity index is 2.49. The van der Waals surface area contributed by atoms with Gasteiger partial charge in [-0.25, -0.2) is 4.39 Å².